The fraction of sp³-hybridized carbons (Fsp3) is 0.438. The zero-order valence-corrected chi connectivity index (χ0v) is 12.2. The Morgan fingerprint density at radius 3 is 2.90 bits per heavy atom. The molecule has 0 saturated carbocycles. The third kappa shape index (κ3) is 2.70. The molecule has 0 fully saturated rings. The van der Waals surface area contributed by atoms with Crippen molar-refractivity contribution in [1.29, 1.82) is 0 Å². The van der Waals surface area contributed by atoms with Gasteiger partial charge in [-0.2, -0.15) is 5.10 Å². The molecular weight excluding hydrogens is 248 g/mol. The zero-order valence-electron chi connectivity index (χ0n) is 12.2. The molecule has 4 heteroatoms. The third-order valence-corrected chi connectivity index (χ3v) is 4.11. The molecule has 1 aliphatic heterocycles. The highest BCUT2D eigenvalue weighted by atomic mass is 15.3. The van der Waals surface area contributed by atoms with Crippen LogP contribution in [-0.4, -0.2) is 29.9 Å². The van der Waals surface area contributed by atoms with Crippen molar-refractivity contribution in [2.45, 2.75) is 13.0 Å². The van der Waals surface area contributed by atoms with Gasteiger partial charge < -0.3 is 10.2 Å². The highest BCUT2D eigenvalue weighted by molar-refractivity contribution is 5.55. The van der Waals surface area contributed by atoms with Gasteiger partial charge in [-0.25, -0.2) is 0 Å². The Morgan fingerprint density at radius 1 is 1.25 bits per heavy atom. The van der Waals surface area contributed by atoms with Crippen molar-refractivity contribution in [3.63, 3.8) is 0 Å². The van der Waals surface area contributed by atoms with Crippen LogP contribution in [0.15, 0.2) is 36.5 Å². The van der Waals surface area contributed by atoms with E-state index in [1.165, 1.54) is 23.4 Å². The predicted octanol–water partition coefficient (Wildman–Crippen LogP) is 1.82. The summed E-state index contributed by atoms with van der Waals surface area (Å²) in [6.07, 6.45) is 3.01. The number of nitrogens with zero attached hydrogens (tertiary/aromatic N) is 3. The van der Waals surface area contributed by atoms with Crippen LogP contribution in [-0.2, 0) is 20.0 Å². The van der Waals surface area contributed by atoms with Crippen molar-refractivity contribution >= 4 is 5.69 Å². The number of hydrogen-bond acceptors (Lipinski definition) is 3. The number of hydrogen-bond donors (Lipinski definition) is 1. The van der Waals surface area contributed by atoms with E-state index >= 15 is 0 Å². The first-order valence-corrected chi connectivity index (χ1v) is 7.20. The molecule has 3 rings (SSSR count). The number of benzene rings is 1. The van der Waals surface area contributed by atoms with E-state index in [0.29, 0.717) is 5.92 Å². The Morgan fingerprint density at radius 2 is 2.10 bits per heavy atom. The number of aryl methyl sites for hydroxylation is 1. The number of anilines is 1. The van der Waals surface area contributed by atoms with E-state index in [1.807, 2.05) is 17.9 Å². The number of nitrogens with one attached hydrogen (secondary N) is 1. The molecule has 1 aromatic carbocycles. The van der Waals surface area contributed by atoms with Gasteiger partial charge in [-0.05, 0) is 30.0 Å². The van der Waals surface area contributed by atoms with Gasteiger partial charge in [-0.1, -0.05) is 18.2 Å². The first-order chi connectivity index (χ1) is 9.74. The average Bonchev–Trinajstić information content (AvgIpc) is 2.85. The molecule has 1 unspecified atom stereocenters. The van der Waals surface area contributed by atoms with Gasteiger partial charge in [-0.15, -0.1) is 0 Å². The highest BCUT2D eigenvalue weighted by Crippen LogP contribution is 2.27. The third-order valence-electron chi connectivity index (χ3n) is 4.11. The van der Waals surface area contributed by atoms with Gasteiger partial charge in [0.1, 0.15) is 0 Å². The Hall–Kier alpha value is -1.81. The van der Waals surface area contributed by atoms with Crippen LogP contribution in [0.25, 0.3) is 0 Å². The lowest BCUT2D eigenvalue weighted by Gasteiger charge is -2.33. The zero-order chi connectivity index (χ0) is 13.9. The summed E-state index contributed by atoms with van der Waals surface area (Å²) in [5, 5.41) is 7.75. The minimum absolute atomic E-state index is 0.670. The summed E-state index contributed by atoms with van der Waals surface area (Å²) in [5.41, 5.74) is 4.08. The normalized spacial score (nSPS) is 18.1. The Bertz CT molecular complexity index is 575. The summed E-state index contributed by atoms with van der Waals surface area (Å²) < 4.78 is 1.93. The first kappa shape index (κ1) is 13.2. The molecule has 20 heavy (non-hydrogen) atoms. The highest BCUT2D eigenvalue weighted by Gasteiger charge is 2.21. The van der Waals surface area contributed by atoms with Crippen LogP contribution >= 0.6 is 0 Å². The fourth-order valence-corrected chi connectivity index (χ4v) is 3.03. The number of aromatic nitrogens is 2. The topological polar surface area (TPSA) is 33.1 Å². The quantitative estimate of drug-likeness (QED) is 0.920. The molecule has 0 spiro atoms. The van der Waals surface area contributed by atoms with Gasteiger partial charge in [0.25, 0.3) is 0 Å². The van der Waals surface area contributed by atoms with E-state index in [9.17, 15) is 0 Å². The monoisotopic (exact) mass is 270 g/mol. The van der Waals surface area contributed by atoms with Crippen LogP contribution in [0.2, 0.25) is 0 Å². The second kappa shape index (κ2) is 5.67. The lowest BCUT2D eigenvalue weighted by atomic mass is 9.93. The van der Waals surface area contributed by atoms with E-state index < -0.39 is 0 Å². The van der Waals surface area contributed by atoms with Crippen molar-refractivity contribution in [2.75, 3.05) is 25.0 Å². The maximum Gasteiger partial charge on any atom is 0.0518 e. The van der Waals surface area contributed by atoms with E-state index in [-0.39, 0.29) is 0 Å². The van der Waals surface area contributed by atoms with Crippen LogP contribution in [0, 0.1) is 5.92 Å². The molecule has 4 nitrogen and oxygen atoms in total. The predicted molar refractivity (Wildman–Crippen MR) is 81.8 cm³/mol. The molecule has 106 valence electrons. The SMILES string of the molecule is CN1CC(CNCc2ccnn2C)Cc2ccccc21. The van der Waals surface area contributed by atoms with E-state index in [4.69, 9.17) is 0 Å². The van der Waals surface area contributed by atoms with Crippen molar-refractivity contribution in [2.24, 2.45) is 13.0 Å². The summed E-state index contributed by atoms with van der Waals surface area (Å²) in [6.45, 7) is 3.05. The number of rotatable bonds is 4. The van der Waals surface area contributed by atoms with Gasteiger partial charge in [0.15, 0.2) is 0 Å². The molecular formula is C16H22N4. The van der Waals surface area contributed by atoms with Gasteiger partial charge in [-0.3, -0.25) is 4.68 Å². The molecule has 0 bridgehead atoms. The van der Waals surface area contributed by atoms with Gasteiger partial charge in [0, 0.05) is 45.6 Å². The van der Waals surface area contributed by atoms with Gasteiger partial charge >= 0.3 is 0 Å². The molecule has 0 aliphatic carbocycles. The van der Waals surface area contributed by atoms with Crippen LogP contribution in [0.3, 0.4) is 0 Å². The second-order valence-electron chi connectivity index (χ2n) is 5.66. The summed E-state index contributed by atoms with van der Waals surface area (Å²) >= 11 is 0. The van der Waals surface area contributed by atoms with E-state index in [0.717, 1.165) is 19.6 Å². The number of para-hydroxylation sites is 1. The fourth-order valence-electron chi connectivity index (χ4n) is 3.03. The van der Waals surface area contributed by atoms with Crippen molar-refractivity contribution < 1.29 is 0 Å². The van der Waals surface area contributed by atoms with Crippen LogP contribution in [0.4, 0.5) is 5.69 Å². The van der Waals surface area contributed by atoms with Gasteiger partial charge in [0.2, 0.25) is 0 Å². The van der Waals surface area contributed by atoms with E-state index in [2.05, 4.69) is 52.7 Å². The maximum atomic E-state index is 4.19. The minimum atomic E-state index is 0.670. The molecule has 0 saturated heterocycles. The summed E-state index contributed by atoms with van der Waals surface area (Å²) in [5.74, 6) is 0.670. The van der Waals surface area contributed by atoms with Crippen molar-refractivity contribution in [3.05, 3.63) is 47.8 Å². The Kier molecular flexibility index (Phi) is 3.74. The molecule has 1 aromatic heterocycles. The van der Waals surface area contributed by atoms with Crippen LogP contribution < -0.4 is 10.2 Å². The lowest BCUT2D eigenvalue weighted by Crippen LogP contribution is -2.37. The molecule has 2 heterocycles. The Balaban J connectivity index is 1.56. The molecule has 1 atom stereocenters. The average molecular weight is 270 g/mol. The van der Waals surface area contributed by atoms with Crippen molar-refractivity contribution in [3.8, 4) is 0 Å². The van der Waals surface area contributed by atoms with Gasteiger partial charge in [0.05, 0.1) is 5.69 Å². The van der Waals surface area contributed by atoms with Crippen LogP contribution in [0.5, 0.6) is 0 Å². The molecule has 2 aromatic rings. The summed E-state index contributed by atoms with van der Waals surface area (Å²) in [6, 6.07) is 10.8. The van der Waals surface area contributed by atoms with E-state index in [1.54, 1.807) is 0 Å². The molecule has 0 amide bonds. The van der Waals surface area contributed by atoms with Crippen LogP contribution in [0.1, 0.15) is 11.3 Å². The molecule has 1 N–H and O–H groups in total. The smallest absolute Gasteiger partial charge is 0.0518 e. The summed E-state index contributed by atoms with van der Waals surface area (Å²) in [4.78, 5) is 2.37. The molecule has 1 aliphatic rings. The second-order valence-corrected chi connectivity index (χ2v) is 5.66. The molecule has 0 radical (unpaired) electrons. The largest absolute Gasteiger partial charge is 0.374 e. The first-order valence-electron chi connectivity index (χ1n) is 7.20. The lowest BCUT2D eigenvalue weighted by molar-refractivity contribution is 0.455. The Labute approximate surface area is 120 Å². The maximum absolute atomic E-state index is 4.19. The number of fused-ring (bicyclic) bond motifs is 1. The standard InChI is InChI=1S/C16H22N4/c1-19-12-13(9-14-5-3-4-6-16(14)19)10-17-11-15-7-8-18-20(15)2/h3-8,13,17H,9-12H2,1-2H3. The van der Waals surface area contributed by atoms with Crippen molar-refractivity contribution in [1.82, 2.24) is 15.1 Å². The summed E-state index contributed by atoms with van der Waals surface area (Å²) in [7, 11) is 4.17. The minimum Gasteiger partial charge on any atom is -0.374 e.